The van der Waals surface area contributed by atoms with Gasteiger partial charge in [0.2, 0.25) is 0 Å². The Kier molecular flexibility index (Phi) is 6.61. The Morgan fingerprint density at radius 3 is 2.83 bits per heavy atom. The number of esters is 1. The largest absolute Gasteiger partial charge is 0.508 e. The summed E-state index contributed by atoms with van der Waals surface area (Å²) in [6.45, 7) is -0.182. The molecular weight excluding hydrogens is 398 g/mol. The van der Waals surface area contributed by atoms with E-state index in [1.807, 2.05) is 6.26 Å². The van der Waals surface area contributed by atoms with Crippen LogP contribution in [0.5, 0.6) is 5.75 Å². The van der Waals surface area contributed by atoms with Crippen molar-refractivity contribution in [2.45, 2.75) is 19.1 Å². The Morgan fingerprint density at radius 1 is 1.28 bits per heavy atom. The fraction of sp³-hybridized carbons (Fsp3) is 0.250. The molecule has 3 aromatic rings. The number of rotatable bonds is 8. The van der Waals surface area contributed by atoms with Gasteiger partial charge in [-0.1, -0.05) is 0 Å². The lowest BCUT2D eigenvalue weighted by Crippen LogP contribution is -2.42. The van der Waals surface area contributed by atoms with E-state index in [-0.39, 0.29) is 23.7 Å². The number of hydrogen-bond donors (Lipinski definition) is 2. The first kappa shape index (κ1) is 20.5. The van der Waals surface area contributed by atoms with Gasteiger partial charge in [-0.15, -0.1) is 0 Å². The van der Waals surface area contributed by atoms with Crippen LogP contribution >= 0.6 is 11.8 Å². The molecular formula is C20H19NO7S. The fourth-order valence-corrected chi connectivity index (χ4v) is 3.18. The third-order valence-electron chi connectivity index (χ3n) is 4.13. The summed E-state index contributed by atoms with van der Waals surface area (Å²) in [5.41, 5.74) is -0.00149. The Morgan fingerprint density at radius 2 is 2.10 bits per heavy atom. The first-order valence-corrected chi connectivity index (χ1v) is 10.1. The second kappa shape index (κ2) is 9.33. The van der Waals surface area contributed by atoms with Crippen molar-refractivity contribution in [2.75, 3.05) is 12.0 Å². The van der Waals surface area contributed by atoms with Crippen LogP contribution in [0.3, 0.4) is 0 Å². The lowest BCUT2D eigenvalue weighted by Gasteiger charge is -2.17. The van der Waals surface area contributed by atoms with Crippen LogP contribution in [0.1, 0.15) is 22.5 Å². The highest BCUT2D eigenvalue weighted by atomic mass is 32.2. The standard InChI is InChI=1S/C20H19NO7S/c1-29-8-6-15(21-19(24)16-3-2-7-26-16)20(25)27-11-12-9-18(23)28-17-10-13(22)4-5-14(12)17/h2-5,7,9-10,15,22H,6,8,11H2,1H3,(H,21,24). The number of furan rings is 1. The van der Waals surface area contributed by atoms with Gasteiger partial charge in [-0.25, -0.2) is 9.59 Å². The number of nitrogens with one attached hydrogen (secondary N) is 1. The first-order valence-electron chi connectivity index (χ1n) is 8.73. The second-order valence-corrected chi connectivity index (χ2v) is 7.15. The number of hydrogen-bond acceptors (Lipinski definition) is 8. The minimum absolute atomic E-state index is 0.0486. The van der Waals surface area contributed by atoms with E-state index in [1.54, 1.807) is 12.1 Å². The zero-order valence-electron chi connectivity index (χ0n) is 15.5. The Hall–Kier alpha value is -3.20. The molecule has 1 aromatic carbocycles. The molecule has 2 N–H and O–H groups in total. The Bertz CT molecular complexity index is 1060. The van der Waals surface area contributed by atoms with Crippen molar-refractivity contribution in [1.82, 2.24) is 5.32 Å². The van der Waals surface area contributed by atoms with Crippen LogP contribution in [-0.2, 0) is 16.1 Å². The lowest BCUT2D eigenvalue weighted by atomic mass is 10.1. The van der Waals surface area contributed by atoms with Gasteiger partial charge in [0, 0.05) is 23.1 Å². The zero-order chi connectivity index (χ0) is 20.8. The number of benzene rings is 1. The van der Waals surface area contributed by atoms with Crippen molar-refractivity contribution < 1.29 is 28.3 Å². The van der Waals surface area contributed by atoms with E-state index in [9.17, 15) is 19.5 Å². The summed E-state index contributed by atoms with van der Waals surface area (Å²) in [6.07, 6.45) is 3.63. The maximum Gasteiger partial charge on any atom is 0.336 e. The minimum atomic E-state index is -0.865. The van der Waals surface area contributed by atoms with Gasteiger partial charge in [0.1, 0.15) is 24.0 Å². The predicted octanol–water partition coefficient (Wildman–Crippen LogP) is 2.69. The highest BCUT2D eigenvalue weighted by Gasteiger charge is 2.24. The maximum absolute atomic E-state index is 12.6. The lowest BCUT2D eigenvalue weighted by molar-refractivity contribution is -0.147. The van der Waals surface area contributed by atoms with Gasteiger partial charge in [0.25, 0.3) is 5.91 Å². The molecule has 8 nitrogen and oxygen atoms in total. The average molecular weight is 417 g/mol. The summed E-state index contributed by atoms with van der Waals surface area (Å²) in [7, 11) is 0. The molecule has 0 aliphatic heterocycles. The van der Waals surface area contributed by atoms with Crippen LogP contribution in [0.25, 0.3) is 11.0 Å². The van der Waals surface area contributed by atoms with Gasteiger partial charge in [0.15, 0.2) is 5.76 Å². The van der Waals surface area contributed by atoms with Gasteiger partial charge >= 0.3 is 11.6 Å². The Labute approximate surface area is 169 Å². The SMILES string of the molecule is CSCCC(NC(=O)c1ccco1)C(=O)OCc1cc(=O)oc2cc(O)ccc12. The maximum atomic E-state index is 12.6. The van der Waals surface area contributed by atoms with E-state index in [2.05, 4.69) is 5.32 Å². The van der Waals surface area contributed by atoms with Gasteiger partial charge in [-0.05, 0) is 42.7 Å². The van der Waals surface area contributed by atoms with Gasteiger partial charge in [0.05, 0.1) is 6.26 Å². The topological polar surface area (TPSA) is 119 Å². The van der Waals surface area contributed by atoms with Crippen molar-refractivity contribution in [3.63, 3.8) is 0 Å². The summed E-state index contributed by atoms with van der Waals surface area (Å²) < 4.78 is 15.5. The number of phenolic OH excluding ortho intramolecular Hbond substituents is 1. The number of fused-ring (bicyclic) bond motifs is 1. The average Bonchev–Trinajstić information content (AvgIpc) is 3.23. The number of carbonyl (C=O) groups is 2. The molecule has 0 aliphatic rings. The van der Waals surface area contributed by atoms with Crippen molar-refractivity contribution in [1.29, 1.82) is 0 Å². The molecule has 9 heteroatoms. The van der Waals surface area contributed by atoms with E-state index < -0.39 is 23.5 Å². The van der Waals surface area contributed by atoms with Gasteiger partial charge < -0.3 is 24.0 Å². The molecule has 1 atom stereocenters. The molecule has 3 rings (SSSR count). The smallest absolute Gasteiger partial charge is 0.336 e. The van der Waals surface area contributed by atoms with Crippen LogP contribution in [0.4, 0.5) is 0 Å². The number of aromatic hydroxyl groups is 1. The highest BCUT2D eigenvalue weighted by Crippen LogP contribution is 2.22. The van der Waals surface area contributed by atoms with Crippen molar-refractivity contribution in [2.24, 2.45) is 0 Å². The molecule has 1 unspecified atom stereocenters. The van der Waals surface area contributed by atoms with Crippen LogP contribution in [0.15, 0.2) is 56.3 Å². The normalized spacial score (nSPS) is 11.9. The number of phenols is 1. The van der Waals surface area contributed by atoms with E-state index in [0.29, 0.717) is 23.1 Å². The molecule has 0 aliphatic carbocycles. The molecule has 0 saturated carbocycles. The summed E-state index contributed by atoms with van der Waals surface area (Å²) >= 11 is 1.53. The molecule has 0 bridgehead atoms. The van der Waals surface area contributed by atoms with Crippen molar-refractivity contribution in [3.8, 4) is 5.75 Å². The van der Waals surface area contributed by atoms with E-state index in [4.69, 9.17) is 13.6 Å². The number of thioether (sulfide) groups is 1. The van der Waals surface area contributed by atoms with Crippen molar-refractivity contribution in [3.05, 3.63) is 64.4 Å². The minimum Gasteiger partial charge on any atom is -0.508 e. The molecule has 0 fully saturated rings. The molecule has 0 saturated heterocycles. The third-order valence-corrected chi connectivity index (χ3v) is 4.77. The van der Waals surface area contributed by atoms with Crippen LogP contribution in [0, 0.1) is 0 Å². The summed E-state index contributed by atoms with van der Waals surface area (Å²) in [5.74, 6) is -0.459. The molecule has 152 valence electrons. The fourth-order valence-electron chi connectivity index (χ4n) is 2.71. The number of carbonyl (C=O) groups excluding carboxylic acids is 2. The number of ether oxygens (including phenoxy) is 1. The van der Waals surface area contributed by atoms with Gasteiger partial charge in [-0.3, -0.25) is 4.79 Å². The van der Waals surface area contributed by atoms with Crippen molar-refractivity contribution >= 4 is 34.6 Å². The van der Waals surface area contributed by atoms with E-state index in [1.165, 1.54) is 42.3 Å². The van der Waals surface area contributed by atoms with Crippen LogP contribution in [-0.4, -0.2) is 35.0 Å². The molecule has 0 spiro atoms. The van der Waals surface area contributed by atoms with E-state index >= 15 is 0 Å². The number of amides is 1. The molecule has 29 heavy (non-hydrogen) atoms. The predicted molar refractivity (Wildman–Crippen MR) is 107 cm³/mol. The summed E-state index contributed by atoms with van der Waals surface area (Å²) in [6, 6.07) is 7.76. The monoisotopic (exact) mass is 417 g/mol. The second-order valence-electron chi connectivity index (χ2n) is 6.16. The van der Waals surface area contributed by atoms with Crippen LogP contribution < -0.4 is 10.9 Å². The Balaban J connectivity index is 1.73. The third kappa shape index (κ3) is 5.20. The first-order chi connectivity index (χ1) is 14.0. The highest BCUT2D eigenvalue weighted by molar-refractivity contribution is 7.98. The molecule has 1 amide bonds. The molecule has 2 aromatic heterocycles. The zero-order valence-corrected chi connectivity index (χ0v) is 16.4. The molecule has 0 radical (unpaired) electrons. The quantitative estimate of drug-likeness (QED) is 0.424. The molecule has 2 heterocycles. The summed E-state index contributed by atoms with van der Waals surface area (Å²) in [5, 5.41) is 12.7. The van der Waals surface area contributed by atoms with Crippen LogP contribution in [0.2, 0.25) is 0 Å². The van der Waals surface area contributed by atoms with Gasteiger partial charge in [-0.2, -0.15) is 11.8 Å². The van der Waals surface area contributed by atoms with E-state index in [0.717, 1.165) is 0 Å². The summed E-state index contributed by atoms with van der Waals surface area (Å²) in [4.78, 5) is 36.6.